The van der Waals surface area contributed by atoms with E-state index < -0.39 is 15.9 Å². The maximum atomic E-state index is 13.0. The highest BCUT2D eigenvalue weighted by atomic mass is 35.5. The van der Waals surface area contributed by atoms with Crippen LogP contribution in [0, 0.1) is 5.92 Å². The van der Waals surface area contributed by atoms with E-state index >= 15 is 0 Å². The van der Waals surface area contributed by atoms with Gasteiger partial charge in [0.15, 0.2) is 5.16 Å². The van der Waals surface area contributed by atoms with Crippen LogP contribution >= 0.6 is 35.0 Å². The largest absolute Gasteiger partial charge is 0.355 e. The molecular weight excluding hydrogens is 445 g/mol. The first-order valence-corrected chi connectivity index (χ1v) is 11.8. The average Bonchev–Trinajstić information content (AvgIpc) is 3.20. The summed E-state index contributed by atoms with van der Waals surface area (Å²) in [5.41, 5.74) is 0. The van der Waals surface area contributed by atoms with Gasteiger partial charge in [0.25, 0.3) is 0 Å². The molecule has 12 heteroatoms. The van der Waals surface area contributed by atoms with Gasteiger partial charge in [-0.2, -0.15) is 9.40 Å². The molecule has 152 valence electrons. The van der Waals surface area contributed by atoms with Crippen LogP contribution in [0.15, 0.2) is 34.6 Å². The minimum Gasteiger partial charge on any atom is -0.355 e. The van der Waals surface area contributed by atoms with Gasteiger partial charge in [-0.1, -0.05) is 35.0 Å². The third kappa shape index (κ3) is 5.18. The number of H-pyrrole nitrogens is 1. The van der Waals surface area contributed by atoms with Crippen molar-refractivity contribution in [1.82, 2.24) is 24.8 Å². The Bertz CT molecular complexity index is 924. The minimum absolute atomic E-state index is 0.0359. The molecule has 1 atom stereocenters. The molecule has 1 aromatic heterocycles. The van der Waals surface area contributed by atoms with E-state index in [1.54, 1.807) is 0 Å². The Morgan fingerprint density at radius 3 is 2.96 bits per heavy atom. The second kappa shape index (κ2) is 9.45. The number of carbonyl (C=O) groups excluding carboxylic acids is 1. The number of nitrogens with one attached hydrogen (secondary N) is 2. The minimum atomic E-state index is -3.82. The zero-order valence-corrected chi connectivity index (χ0v) is 17.9. The van der Waals surface area contributed by atoms with E-state index in [0.717, 1.165) is 0 Å². The summed E-state index contributed by atoms with van der Waals surface area (Å²) in [5, 5.41) is 10.4. The number of rotatable bonds is 7. The summed E-state index contributed by atoms with van der Waals surface area (Å²) in [6, 6.07) is 4.33. The van der Waals surface area contributed by atoms with Crippen LogP contribution in [-0.2, 0) is 14.8 Å². The van der Waals surface area contributed by atoms with Gasteiger partial charge in [-0.3, -0.25) is 9.89 Å². The second-order valence-corrected chi connectivity index (χ2v) is 10.0. The summed E-state index contributed by atoms with van der Waals surface area (Å²) in [6.45, 7) is 0.913. The molecule has 0 saturated carbocycles. The standard InChI is InChI=1S/C16H19Cl2N5O3S2/c17-12-3-4-13(18)14(8-12)28(25,26)23-6-1-2-11(9-23)15(24)19-5-7-27-16-20-10-21-22-16/h3-4,8,10-11H,1-2,5-7,9H2,(H,19,24)(H,20,21,22)/t11-/m0/s1. The zero-order valence-electron chi connectivity index (χ0n) is 14.8. The Hall–Kier alpha value is -1.33. The maximum Gasteiger partial charge on any atom is 0.244 e. The first-order valence-electron chi connectivity index (χ1n) is 8.59. The molecule has 2 N–H and O–H groups in total. The highest BCUT2D eigenvalue weighted by molar-refractivity contribution is 7.99. The number of aromatic nitrogens is 3. The molecule has 8 nitrogen and oxygen atoms in total. The topological polar surface area (TPSA) is 108 Å². The van der Waals surface area contributed by atoms with Crippen LogP contribution < -0.4 is 5.32 Å². The number of hydrogen-bond acceptors (Lipinski definition) is 6. The highest BCUT2D eigenvalue weighted by Gasteiger charge is 2.34. The fourth-order valence-electron chi connectivity index (χ4n) is 2.92. The molecule has 0 spiro atoms. The van der Waals surface area contributed by atoms with Crippen molar-refractivity contribution in [1.29, 1.82) is 0 Å². The summed E-state index contributed by atoms with van der Waals surface area (Å²) in [5.74, 6) is 0.0698. The molecule has 28 heavy (non-hydrogen) atoms. The molecule has 1 aliphatic rings. The van der Waals surface area contributed by atoms with Gasteiger partial charge in [0.1, 0.15) is 11.2 Å². The van der Waals surface area contributed by atoms with Gasteiger partial charge < -0.3 is 5.32 Å². The molecule has 1 aliphatic heterocycles. The summed E-state index contributed by atoms with van der Waals surface area (Å²) >= 11 is 13.4. The Kier molecular flexibility index (Phi) is 7.21. The lowest BCUT2D eigenvalue weighted by atomic mass is 9.99. The van der Waals surface area contributed by atoms with E-state index in [-0.39, 0.29) is 22.4 Å². The summed E-state index contributed by atoms with van der Waals surface area (Å²) in [7, 11) is -3.82. The Morgan fingerprint density at radius 2 is 2.21 bits per heavy atom. The van der Waals surface area contributed by atoms with Crippen LogP contribution in [0.5, 0.6) is 0 Å². The molecule has 0 radical (unpaired) electrons. The average molecular weight is 464 g/mol. The van der Waals surface area contributed by atoms with Crippen molar-refractivity contribution in [3.8, 4) is 0 Å². The molecule has 1 amide bonds. The number of amides is 1. The normalized spacial score (nSPS) is 18.1. The van der Waals surface area contributed by atoms with Crippen molar-refractivity contribution in [2.75, 3.05) is 25.4 Å². The second-order valence-electron chi connectivity index (χ2n) is 6.21. The summed E-state index contributed by atoms with van der Waals surface area (Å²) in [4.78, 5) is 16.4. The number of halogens is 2. The number of hydrogen-bond donors (Lipinski definition) is 2. The van der Waals surface area contributed by atoms with Crippen LogP contribution in [0.4, 0.5) is 0 Å². The number of benzene rings is 1. The van der Waals surface area contributed by atoms with Crippen LogP contribution in [0.3, 0.4) is 0 Å². The summed E-state index contributed by atoms with van der Waals surface area (Å²) in [6.07, 6.45) is 2.66. The van der Waals surface area contributed by atoms with Crippen molar-refractivity contribution in [3.05, 3.63) is 34.6 Å². The quantitative estimate of drug-likeness (QED) is 0.482. The smallest absolute Gasteiger partial charge is 0.244 e. The lowest BCUT2D eigenvalue weighted by Gasteiger charge is -2.31. The lowest BCUT2D eigenvalue weighted by molar-refractivity contribution is -0.125. The van der Waals surface area contributed by atoms with E-state index in [9.17, 15) is 13.2 Å². The highest BCUT2D eigenvalue weighted by Crippen LogP contribution is 2.30. The van der Waals surface area contributed by atoms with Gasteiger partial charge in [0.05, 0.1) is 10.9 Å². The van der Waals surface area contributed by atoms with Gasteiger partial charge in [0, 0.05) is 30.4 Å². The van der Waals surface area contributed by atoms with E-state index in [1.165, 1.54) is 40.6 Å². The van der Waals surface area contributed by atoms with Crippen LogP contribution in [0.1, 0.15) is 12.8 Å². The molecule has 0 unspecified atom stereocenters. The van der Waals surface area contributed by atoms with E-state index in [0.29, 0.717) is 41.9 Å². The van der Waals surface area contributed by atoms with Gasteiger partial charge in [-0.15, -0.1) is 0 Å². The molecular formula is C16H19Cl2N5O3S2. The van der Waals surface area contributed by atoms with Gasteiger partial charge in [-0.05, 0) is 31.0 Å². The third-order valence-corrected chi connectivity index (χ3v) is 7.76. The molecule has 3 rings (SSSR count). The Labute approximate surface area is 177 Å². The van der Waals surface area contributed by atoms with E-state index in [1.807, 2.05) is 0 Å². The number of carbonyl (C=O) groups is 1. The Morgan fingerprint density at radius 1 is 1.39 bits per heavy atom. The lowest BCUT2D eigenvalue weighted by Crippen LogP contribution is -2.45. The van der Waals surface area contributed by atoms with Gasteiger partial charge in [0.2, 0.25) is 15.9 Å². The molecule has 0 aliphatic carbocycles. The molecule has 1 fully saturated rings. The fraction of sp³-hybridized carbons (Fsp3) is 0.438. The number of thioether (sulfide) groups is 1. The molecule has 1 saturated heterocycles. The number of nitrogens with zero attached hydrogens (tertiary/aromatic N) is 3. The summed E-state index contributed by atoms with van der Waals surface area (Å²) < 4.78 is 27.2. The van der Waals surface area contributed by atoms with Crippen molar-refractivity contribution >= 4 is 50.9 Å². The van der Waals surface area contributed by atoms with Gasteiger partial charge in [-0.25, -0.2) is 13.4 Å². The monoisotopic (exact) mass is 463 g/mol. The van der Waals surface area contributed by atoms with Crippen LogP contribution in [0.25, 0.3) is 0 Å². The van der Waals surface area contributed by atoms with Crippen molar-refractivity contribution in [3.63, 3.8) is 0 Å². The first kappa shape index (κ1) is 21.4. The zero-order chi connectivity index (χ0) is 20.1. The SMILES string of the molecule is O=C(NCCSc1ncn[nH]1)[C@H]1CCCN(S(=O)(=O)c2cc(Cl)ccc2Cl)C1. The fourth-order valence-corrected chi connectivity index (χ4v) is 5.82. The van der Waals surface area contributed by atoms with Crippen molar-refractivity contribution < 1.29 is 13.2 Å². The van der Waals surface area contributed by atoms with Crippen molar-refractivity contribution in [2.24, 2.45) is 5.92 Å². The third-order valence-electron chi connectivity index (χ3n) is 4.30. The number of sulfonamides is 1. The van der Waals surface area contributed by atoms with Crippen molar-refractivity contribution in [2.45, 2.75) is 22.9 Å². The maximum absolute atomic E-state index is 13.0. The molecule has 0 bridgehead atoms. The number of piperidine rings is 1. The molecule has 2 heterocycles. The first-order chi connectivity index (χ1) is 13.4. The van der Waals surface area contributed by atoms with Crippen LogP contribution in [0.2, 0.25) is 10.0 Å². The van der Waals surface area contributed by atoms with Gasteiger partial charge >= 0.3 is 0 Å². The van der Waals surface area contributed by atoms with E-state index in [4.69, 9.17) is 23.2 Å². The molecule has 2 aromatic rings. The predicted octanol–water partition coefficient (Wildman–Crippen LogP) is 2.42. The molecule has 1 aromatic carbocycles. The predicted molar refractivity (Wildman–Crippen MR) is 108 cm³/mol. The van der Waals surface area contributed by atoms with E-state index in [2.05, 4.69) is 20.5 Å². The number of aromatic amines is 1. The Balaban J connectivity index is 1.58. The van der Waals surface area contributed by atoms with Crippen LogP contribution in [-0.4, -0.2) is 59.2 Å².